The molecule has 0 N–H and O–H groups in total. The van der Waals surface area contributed by atoms with Crippen molar-refractivity contribution in [2.45, 2.75) is 77.4 Å². The van der Waals surface area contributed by atoms with Crippen LogP contribution < -0.4 is 15.6 Å². The zero-order chi connectivity index (χ0) is 27.4. The second kappa shape index (κ2) is 14.9. The van der Waals surface area contributed by atoms with Crippen molar-refractivity contribution in [1.29, 1.82) is 0 Å². The molecule has 0 aromatic heterocycles. The van der Waals surface area contributed by atoms with Crippen molar-refractivity contribution in [1.82, 2.24) is 0 Å². The Labute approximate surface area is 238 Å². The van der Waals surface area contributed by atoms with Crippen molar-refractivity contribution in [3.05, 3.63) is 103 Å². The third kappa shape index (κ3) is 7.47. The van der Waals surface area contributed by atoms with Crippen molar-refractivity contribution >= 4 is 31.0 Å². The molecule has 39 heavy (non-hydrogen) atoms. The second-order valence-electron chi connectivity index (χ2n) is 11.1. The summed E-state index contributed by atoms with van der Waals surface area (Å²) in [5.41, 5.74) is 0. The topological polar surface area (TPSA) is 27.7 Å². The Morgan fingerprint density at radius 3 is 1.97 bits per heavy atom. The highest BCUT2D eigenvalue weighted by atomic mass is 29.3. The van der Waals surface area contributed by atoms with Gasteiger partial charge in [0.05, 0.1) is 12.7 Å². The van der Waals surface area contributed by atoms with Gasteiger partial charge in [-0.05, 0) is 42.5 Å². The van der Waals surface area contributed by atoms with Crippen molar-refractivity contribution in [2.75, 3.05) is 13.2 Å². The van der Waals surface area contributed by atoms with Crippen molar-refractivity contribution in [2.24, 2.45) is 0 Å². The molecule has 2 atom stereocenters. The van der Waals surface area contributed by atoms with E-state index in [1.165, 1.54) is 34.8 Å². The summed E-state index contributed by atoms with van der Waals surface area (Å²) < 4.78 is 19.8. The van der Waals surface area contributed by atoms with Gasteiger partial charge in [-0.25, -0.2) is 0 Å². The van der Waals surface area contributed by atoms with Gasteiger partial charge in [-0.15, -0.1) is 0 Å². The molecule has 3 aromatic rings. The molecule has 0 aliphatic carbocycles. The van der Waals surface area contributed by atoms with Crippen molar-refractivity contribution < 1.29 is 13.9 Å². The molecular weight excluding hydrogens is 513 g/mol. The molecule has 1 fully saturated rings. The Hall–Kier alpha value is -2.29. The van der Waals surface area contributed by atoms with E-state index in [0.29, 0.717) is 6.61 Å². The van der Waals surface area contributed by atoms with Crippen LogP contribution in [-0.2, 0) is 13.9 Å². The molecule has 1 aliphatic heterocycles. The predicted molar refractivity (Wildman–Crippen MR) is 169 cm³/mol. The first kappa shape index (κ1) is 29.7. The van der Waals surface area contributed by atoms with E-state index in [1.54, 1.807) is 0 Å². The maximum absolute atomic E-state index is 7.69. The van der Waals surface area contributed by atoms with Gasteiger partial charge in [-0.1, -0.05) is 141 Å². The van der Waals surface area contributed by atoms with E-state index in [1.807, 2.05) is 0 Å². The molecule has 1 heterocycles. The molecule has 4 rings (SSSR count). The quantitative estimate of drug-likeness (QED) is 0.128. The lowest BCUT2D eigenvalue weighted by Crippen LogP contribution is -2.80. The first-order valence-corrected chi connectivity index (χ1v) is 20.7. The maximum atomic E-state index is 7.69. The molecular formula is C34H46O3Si2. The number of benzene rings is 3. The molecule has 0 amide bonds. The lowest BCUT2D eigenvalue weighted by atomic mass is 10.2. The fourth-order valence-electron chi connectivity index (χ4n) is 5.73. The summed E-state index contributed by atoms with van der Waals surface area (Å²) in [7, 11) is -4.95. The normalized spacial score (nSPS) is 17.4. The number of hydrogen-bond acceptors (Lipinski definition) is 3. The van der Waals surface area contributed by atoms with Crippen LogP contribution in [0.1, 0.15) is 51.9 Å². The van der Waals surface area contributed by atoms with Gasteiger partial charge in [-0.3, -0.25) is 0 Å². The van der Waals surface area contributed by atoms with Gasteiger partial charge in [0.1, 0.15) is 7.59 Å². The average Bonchev–Trinajstić information content (AvgIpc) is 2.99. The summed E-state index contributed by atoms with van der Waals surface area (Å²) in [6.07, 6.45) is 12.1. The lowest BCUT2D eigenvalue weighted by Gasteiger charge is -2.46. The first-order chi connectivity index (χ1) is 19.1. The molecule has 208 valence electrons. The lowest BCUT2D eigenvalue weighted by molar-refractivity contribution is -0.164. The summed E-state index contributed by atoms with van der Waals surface area (Å²) in [6, 6.07) is 33.3. The van der Waals surface area contributed by atoms with E-state index >= 15 is 0 Å². The van der Waals surface area contributed by atoms with Gasteiger partial charge < -0.3 is 13.9 Å². The van der Waals surface area contributed by atoms with Crippen LogP contribution in [0.2, 0.25) is 13.1 Å². The summed E-state index contributed by atoms with van der Waals surface area (Å²) in [5, 5.41) is 4.13. The van der Waals surface area contributed by atoms with E-state index in [9.17, 15) is 0 Å². The summed E-state index contributed by atoms with van der Waals surface area (Å²) >= 11 is 0. The Bertz CT molecular complexity index is 1070. The van der Waals surface area contributed by atoms with Gasteiger partial charge >= 0.3 is 0 Å². The van der Waals surface area contributed by atoms with Crippen LogP contribution in [0, 0.1) is 0 Å². The largest absolute Gasteiger partial charge is 0.404 e. The molecule has 0 spiro atoms. The smallest absolute Gasteiger partial charge is 0.246 e. The van der Waals surface area contributed by atoms with Gasteiger partial charge in [-0.2, -0.15) is 0 Å². The maximum Gasteiger partial charge on any atom is 0.246 e. The average molecular weight is 559 g/mol. The van der Waals surface area contributed by atoms with Crippen LogP contribution in [0.5, 0.6) is 0 Å². The van der Waals surface area contributed by atoms with Crippen LogP contribution >= 0.6 is 0 Å². The summed E-state index contributed by atoms with van der Waals surface area (Å²) in [5.74, 6) is 0. The van der Waals surface area contributed by atoms with Crippen LogP contribution in [0.4, 0.5) is 0 Å². The Morgan fingerprint density at radius 1 is 0.846 bits per heavy atom. The highest BCUT2D eigenvalue weighted by molar-refractivity contribution is 7.52. The zero-order valence-corrected chi connectivity index (χ0v) is 26.1. The van der Waals surface area contributed by atoms with Crippen LogP contribution in [-0.4, -0.2) is 41.0 Å². The molecule has 0 bridgehead atoms. The van der Waals surface area contributed by atoms with Crippen LogP contribution in [0.25, 0.3) is 0 Å². The van der Waals surface area contributed by atoms with E-state index in [-0.39, 0.29) is 12.4 Å². The molecule has 3 nitrogen and oxygen atoms in total. The molecule has 1 aliphatic rings. The SMILES string of the molecule is CCCC/C=C/C(CCOC1CCCCO1)O[Si](c1ccccc1)(c1ccccc1)[Si](C)(C)c1ccccc1. The third-order valence-electron chi connectivity index (χ3n) is 7.98. The molecule has 0 saturated carbocycles. The van der Waals surface area contributed by atoms with Crippen LogP contribution in [0.3, 0.4) is 0 Å². The number of ether oxygens (including phenoxy) is 2. The number of rotatable bonds is 14. The van der Waals surface area contributed by atoms with E-state index in [4.69, 9.17) is 13.9 Å². The first-order valence-electron chi connectivity index (χ1n) is 14.8. The molecule has 0 radical (unpaired) electrons. The molecule has 3 aromatic carbocycles. The van der Waals surface area contributed by atoms with E-state index in [0.717, 1.165) is 32.3 Å². The molecule has 5 heteroatoms. The monoisotopic (exact) mass is 558 g/mol. The highest BCUT2D eigenvalue weighted by Crippen LogP contribution is 2.25. The molecule has 2 unspecified atom stereocenters. The van der Waals surface area contributed by atoms with Gasteiger partial charge in [0.2, 0.25) is 7.83 Å². The number of hydrogen-bond donors (Lipinski definition) is 0. The molecule has 1 saturated heterocycles. The minimum absolute atomic E-state index is 0.0342. The Kier molecular flexibility index (Phi) is 11.4. The van der Waals surface area contributed by atoms with Gasteiger partial charge in [0.15, 0.2) is 6.29 Å². The highest BCUT2D eigenvalue weighted by Gasteiger charge is 2.55. The zero-order valence-electron chi connectivity index (χ0n) is 24.1. The second-order valence-corrected chi connectivity index (χ2v) is 23.5. The Morgan fingerprint density at radius 2 is 1.44 bits per heavy atom. The van der Waals surface area contributed by atoms with E-state index < -0.39 is 15.4 Å². The van der Waals surface area contributed by atoms with Gasteiger partial charge in [0, 0.05) is 6.61 Å². The fraction of sp³-hybridized carbons (Fsp3) is 0.412. The third-order valence-corrected chi connectivity index (χ3v) is 22.7. The van der Waals surface area contributed by atoms with Crippen molar-refractivity contribution in [3.63, 3.8) is 0 Å². The predicted octanol–water partition coefficient (Wildman–Crippen LogP) is 6.51. The van der Waals surface area contributed by atoms with Crippen molar-refractivity contribution in [3.8, 4) is 0 Å². The fourth-order valence-corrected chi connectivity index (χ4v) is 19.9. The summed E-state index contributed by atoms with van der Waals surface area (Å²) in [6.45, 7) is 8.71. The number of allylic oxidation sites excluding steroid dienone is 1. The van der Waals surface area contributed by atoms with Crippen LogP contribution in [0.15, 0.2) is 103 Å². The minimum Gasteiger partial charge on any atom is -0.404 e. The Balaban J connectivity index is 1.76. The standard InChI is InChI=1S/C34H46O3Si2/c1-4-5-6-10-19-30(27-29-36-34-26-17-18-28-35-34)37-39(32-22-13-8-14-23-32,33-24-15-9-16-25-33)38(2,3)31-20-11-7-12-21-31/h7-16,19-25,30,34H,4-6,17-18,26-29H2,1-3H3/b19-10+. The number of unbranched alkanes of at least 4 members (excludes halogenated alkanes) is 2. The van der Waals surface area contributed by atoms with E-state index in [2.05, 4.69) is 123 Å². The van der Waals surface area contributed by atoms with Gasteiger partial charge in [0.25, 0.3) is 0 Å². The summed E-state index contributed by atoms with van der Waals surface area (Å²) in [4.78, 5) is 0. The minimum atomic E-state index is -2.74.